The lowest BCUT2D eigenvalue weighted by molar-refractivity contribution is 0.414. The lowest BCUT2D eigenvalue weighted by Gasteiger charge is -2.03. The molecule has 0 aliphatic rings. The third-order valence-corrected chi connectivity index (χ3v) is 1.76. The van der Waals surface area contributed by atoms with Crippen molar-refractivity contribution in [1.29, 1.82) is 0 Å². The summed E-state index contributed by atoms with van der Waals surface area (Å²) in [5.74, 6) is 1.12. The Morgan fingerprint density at radius 2 is 2.46 bits per heavy atom. The molecule has 1 aromatic rings. The number of aromatic nitrogens is 1. The topological polar surface area (TPSA) is 34.5 Å². The number of ether oxygens (including phenoxy) is 1. The summed E-state index contributed by atoms with van der Waals surface area (Å²) in [6, 6.07) is 1.90. The molecule has 1 heterocycles. The summed E-state index contributed by atoms with van der Waals surface area (Å²) in [5.41, 5.74) is 1.11. The van der Waals surface area contributed by atoms with Gasteiger partial charge in [0.25, 0.3) is 0 Å². The molecule has 1 rings (SSSR count). The summed E-state index contributed by atoms with van der Waals surface area (Å²) in [7, 11) is 1.58. The lowest BCUT2D eigenvalue weighted by atomic mass is 10.2. The Hall–Kier alpha value is -1.25. The van der Waals surface area contributed by atoms with Gasteiger partial charge in [-0.05, 0) is 30.3 Å². The zero-order valence-electron chi connectivity index (χ0n) is 7.57. The Bertz CT molecular complexity index is 345. The first-order valence-electron chi connectivity index (χ1n) is 3.92. The van der Waals surface area contributed by atoms with Crippen LogP contribution in [0.15, 0.2) is 17.3 Å². The molecule has 0 atom stereocenters. The van der Waals surface area contributed by atoms with Gasteiger partial charge in [0.2, 0.25) is 5.82 Å². The van der Waals surface area contributed by atoms with Gasteiger partial charge in [-0.15, -0.1) is 0 Å². The largest absolute Gasteiger partial charge is 0.493 e. The van der Waals surface area contributed by atoms with Gasteiger partial charge in [0.05, 0.1) is 12.3 Å². The average Bonchev–Trinajstić information content (AvgIpc) is 2.19. The second-order valence-corrected chi connectivity index (χ2v) is 2.61. The monoisotopic (exact) mass is 194 g/mol. The first-order valence-corrected chi connectivity index (χ1v) is 4.33. The average molecular weight is 194 g/mol. The third-order valence-electron chi connectivity index (χ3n) is 1.67. The van der Waals surface area contributed by atoms with E-state index in [1.165, 1.54) is 0 Å². The SMILES string of the molecule is CCc1cnc(N=C=S)c(OC)c1. The van der Waals surface area contributed by atoms with E-state index < -0.39 is 0 Å². The van der Waals surface area contributed by atoms with Crippen molar-refractivity contribution in [2.45, 2.75) is 13.3 Å². The Balaban J connectivity index is 3.15. The van der Waals surface area contributed by atoms with Crippen LogP contribution in [0.2, 0.25) is 0 Å². The Labute approximate surface area is 82.5 Å². The molecular weight excluding hydrogens is 184 g/mol. The summed E-state index contributed by atoms with van der Waals surface area (Å²) >= 11 is 4.49. The first kappa shape index (κ1) is 9.84. The number of pyridine rings is 1. The predicted molar refractivity (Wildman–Crippen MR) is 54.9 cm³/mol. The van der Waals surface area contributed by atoms with Gasteiger partial charge in [-0.3, -0.25) is 0 Å². The molecule has 4 heteroatoms. The highest BCUT2D eigenvalue weighted by atomic mass is 32.1. The second-order valence-electron chi connectivity index (χ2n) is 2.43. The molecule has 0 saturated heterocycles. The molecule has 0 bridgehead atoms. The van der Waals surface area contributed by atoms with E-state index in [-0.39, 0.29) is 0 Å². The number of aliphatic imine (C=N–C) groups is 1. The normalized spacial score (nSPS) is 9.08. The van der Waals surface area contributed by atoms with E-state index in [0.717, 1.165) is 12.0 Å². The van der Waals surface area contributed by atoms with Crippen LogP contribution in [-0.2, 0) is 6.42 Å². The van der Waals surface area contributed by atoms with Crippen molar-refractivity contribution >= 4 is 23.2 Å². The fourth-order valence-electron chi connectivity index (χ4n) is 0.949. The van der Waals surface area contributed by atoms with E-state index in [9.17, 15) is 0 Å². The molecule has 0 spiro atoms. The van der Waals surface area contributed by atoms with Gasteiger partial charge in [-0.1, -0.05) is 6.92 Å². The van der Waals surface area contributed by atoms with Crippen molar-refractivity contribution in [1.82, 2.24) is 4.98 Å². The van der Waals surface area contributed by atoms with E-state index in [4.69, 9.17) is 4.74 Å². The van der Waals surface area contributed by atoms with Crippen molar-refractivity contribution < 1.29 is 4.74 Å². The first-order chi connectivity index (χ1) is 6.31. The highest BCUT2D eigenvalue weighted by molar-refractivity contribution is 7.78. The van der Waals surface area contributed by atoms with Gasteiger partial charge in [-0.25, -0.2) is 4.98 Å². The van der Waals surface area contributed by atoms with Crippen LogP contribution < -0.4 is 4.74 Å². The minimum absolute atomic E-state index is 0.481. The minimum atomic E-state index is 0.481. The molecule has 0 fully saturated rings. The van der Waals surface area contributed by atoms with E-state index in [1.54, 1.807) is 13.3 Å². The van der Waals surface area contributed by atoms with Gasteiger partial charge in [-0.2, -0.15) is 4.99 Å². The smallest absolute Gasteiger partial charge is 0.204 e. The summed E-state index contributed by atoms with van der Waals surface area (Å²) < 4.78 is 5.10. The molecule has 0 unspecified atom stereocenters. The molecule has 0 aliphatic carbocycles. The number of thiocarbonyl (C=S) groups is 1. The van der Waals surface area contributed by atoms with Crippen LogP contribution >= 0.6 is 12.2 Å². The van der Waals surface area contributed by atoms with Gasteiger partial charge < -0.3 is 4.74 Å². The lowest BCUT2D eigenvalue weighted by Crippen LogP contribution is -1.89. The summed E-state index contributed by atoms with van der Waals surface area (Å²) in [5, 5.41) is 2.26. The molecule has 0 aliphatic heterocycles. The van der Waals surface area contributed by atoms with E-state index in [2.05, 4.69) is 34.3 Å². The van der Waals surface area contributed by atoms with E-state index in [1.807, 2.05) is 6.07 Å². The fraction of sp³-hybridized carbons (Fsp3) is 0.333. The van der Waals surface area contributed by atoms with Crippen molar-refractivity contribution in [3.8, 4) is 5.75 Å². The van der Waals surface area contributed by atoms with Crippen molar-refractivity contribution in [2.24, 2.45) is 4.99 Å². The Kier molecular flexibility index (Phi) is 3.55. The van der Waals surface area contributed by atoms with Gasteiger partial charge in [0, 0.05) is 6.20 Å². The molecule has 0 amide bonds. The molecule has 3 nitrogen and oxygen atoms in total. The second kappa shape index (κ2) is 4.70. The molecule has 1 aromatic heterocycles. The molecule has 0 aromatic carbocycles. The van der Waals surface area contributed by atoms with Crippen LogP contribution in [0.25, 0.3) is 0 Å². The van der Waals surface area contributed by atoms with Gasteiger partial charge in [0.1, 0.15) is 0 Å². The van der Waals surface area contributed by atoms with Crippen LogP contribution in [0.5, 0.6) is 5.75 Å². The number of hydrogen-bond donors (Lipinski definition) is 0. The van der Waals surface area contributed by atoms with Crippen molar-refractivity contribution in [2.75, 3.05) is 7.11 Å². The Morgan fingerprint density at radius 3 is 3.00 bits per heavy atom. The van der Waals surface area contributed by atoms with Crippen LogP contribution in [0.3, 0.4) is 0 Å². The van der Waals surface area contributed by atoms with Crippen LogP contribution in [0.4, 0.5) is 5.82 Å². The molecule has 0 saturated carbocycles. The number of methoxy groups -OCH3 is 1. The number of isothiocyanates is 1. The highest BCUT2D eigenvalue weighted by Gasteiger charge is 2.02. The standard InChI is InChI=1S/C9H10N2OS/c1-3-7-4-8(12-2)9(10-5-7)11-6-13/h4-5H,3H2,1-2H3. The van der Waals surface area contributed by atoms with Crippen LogP contribution in [-0.4, -0.2) is 17.3 Å². The van der Waals surface area contributed by atoms with Crippen molar-refractivity contribution in [3.05, 3.63) is 17.8 Å². The number of hydrogen-bond acceptors (Lipinski definition) is 4. The predicted octanol–water partition coefficient (Wildman–Crippen LogP) is 2.39. The van der Waals surface area contributed by atoms with E-state index in [0.29, 0.717) is 11.6 Å². The molecule has 13 heavy (non-hydrogen) atoms. The Morgan fingerprint density at radius 1 is 1.69 bits per heavy atom. The maximum absolute atomic E-state index is 5.10. The zero-order chi connectivity index (χ0) is 9.68. The molecule has 0 radical (unpaired) electrons. The van der Waals surface area contributed by atoms with Crippen LogP contribution in [0.1, 0.15) is 12.5 Å². The molecule has 68 valence electrons. The minimum Gasteiger partial charge on any atom is -0.493 e. The fourth-order valence-corrected chi connectivity index (χ4v) is 1.04. The number of rotatable bonds is 3. The zero-order valence-corrected chi connectivity index (χ0v) is 8.39. The summed E-state index contributed by atoms with van der Waals surface area (Å²) in [4.78, 5) is 7.87. The van der Waals surface area contributed by atoms with Gasteiger partial charge in [0.15, 0.2) is 5.75 Å². The number of aryl methyl sites for hydroxylation is 1. The van der Waals surface area contributed by atoms with E-state index >= 15 is 0 Å². The molecule has 0 N–H and O–H groups in total. The summed E-state index contributed by atoms with van der Waals surface area (Å²) in [6.07, 6.45) is 2.68. The van der Waals surface area contributed by atoms with Gasteiger partial charge >= 0.3 is 0 Å². The quantitative estimate of drug-likeness (QED) is 0.547. The maximum atomic E-state index is 5.10. The van der Waals surface area contributed by atoms with Crippen molar-refractivity contribution in [3.63, 3.8) is 0 Å². The third kappa shape index (κ3) is 2.34. The van der Waals surface area contributed by atoms with Crippen LogP contribution in [0, 0.1) is 0 Å². The highest BCUT2D eigenvalue weighted by Crippen LogP contribution is 2.24. The maximum Gasteiger partial charge on any atom is 0.204 e. The number of nitrogens with zero attached hydrogens (tertiary/aromatic N) is 2. The summed E-state index contributed by atoms with van der Waals surface area (Å²) in [6.45, 7) is 2.05. The molecular formula is C9H10N2OS.